The number of hydrogen-bond acceptors (Lipinski definition) is 17. The van der Waals surface area contributed by atoms with Crippen LogP contribution in [0.4, 0.5) is 34.1 Å². The van der Waals surface area contributed by atoms with Gasteiger partial charge in [0.2, 0.25) is 0 Å². The Hall–Kier alpha value is -13.7. The second-order valence-corrected chi connectivity index (χ2v) is 26.7. The van der Waals surface area contributed by atoms with E-state index in [1.807, 2.05) is 187 Å². The van der Waals surface area contributed by atoms with Crippen molar-refractivity contribution in [3.63, 3.8) is 0 Å². The third kappa shape index (κ3) is 26.7. The summed E-state index contributed by atoms with van der Waals surface area (Å²) >= 11 is 0. The lowest BCUT2D eigenvalue weighted by Crippen LogP contribution is -2.11. The lowest BCUT2D eigenvalue weighted by atomic mass is 9.86. The number of benzene rings is 12. The molecule has 0 heterocycles. The average Bonchev–Trinajstić information content (AvgIpc) is 0.828. The Bertz CT molecular complexity index is 5230. The molecule has 12 aromatic carbocycles. The zero-order chi connectivity index (χ0) is 79.7. The van der Waals surface area contributed by atoms with Gasteiger partial charge < -0.3 is 55.9 Å². The number of phenolic OH excluding ortho intramolecular Hbond substituents is 7. The minimum atomic E-state index is -0.439. The first-order chi connectivity index (χ1) is 52.7. The number of methoxy groups -OCH3 is 2. The number of aryl methyl sites for hydroxylation is 7. The zero-order valence-electron chi connectivity index (χ0n) is 64.1. The summed E-state index contributed by atoms with van der Waals surface area (Å²) in [5, 5.41) is 83.2. The summed E-state index contributed by atoms with van der Waals surface area (Å²) < 4.78 is 9.92. The van der Waals surface area contributed by atoms with Crippen molar-refractivity contribution in [2.45, 2.75) is 87.7 Å². The van der Waals surface area contributed by atoms with Crippen molar-refractivity contribution >= 4 is 65.0 Å². The highest BCUT2D eigenvalue weighted by atomic mass is 16.5. The SMILES string of the molecule is COC(=O)c1ccccc1N=Cc1cc(C)ccc1O.COc1ccccc1N=Cc1cc(C)ccc1O.Cc1ccc(O)c(C=Nc2ccccc2C#N)c1.Cc1ccc(O)c(C=Nc2ccccc2C(C)(C)C)c1.Cc1ccc(O)c(CNc2cccc(O)c2)c1.Cc1ccc(O)c(CNc2ccccc2C)c1. The molecule has 17 heteroatoms. The average molecular weight is 1470 g/mol. The third-order valence-electron chi connectivity index (χ3n) is 16.6. The van der Waals surface area contributed by atoms with E-state index in [0.29, 0.717) is 63.8 Å². The van der Waals surface area contributed by atoms with Crippen LogP contribution in [0.15, 0.2) is 275 Å². The lowest BCUT2D eigenvalue weighted by Gasteiger charge is -2.20. The van der Waals surface area contributed by atoms with Gasteiger partial charge in [0, 0.05) is 88.8 Å². The molecule has 0 fully saturated rings. The number of nitrogens with zero attached hydrogens (tertiary/aromatic N) is 5. The van der Waals surface area contributed by atoms with Crippen molar-refractivity contribution in [1.82, 2.24) is 0 Å². The Morgan fingerprint density at radius 1 is 0.409 bits per heavy atom. The van der Waals surface area contributed by atoms with Crippen molar-refractivity contribution in [2.75, 3.05) is 24.9 Å². The van der Waals surface area contributed by atoms with Gasteiger partial charge in [-0.25, -0.2) is 4.79 Å². The topological polar surface area (TPSA) is 274 Å². The Balaban J connectivity index is 0.000000184. The number of rotatable bonds is 16. The lowest BCUT2D eigenvalue weighted by molar-refractivity contribution is 0.0601. The first-order valence-electron chi connectivity index (χ1n) is 35.4. The van der Waals surface area contributed by atoms with Gasteiger partial charge >= 0.3 is 5.97 Å². The first kappa shape index (κ1) is 83.6. The van der Waals surface area contributed by atoms with E-state index in [2.05, 4.69) is 76.5 Å². The van der Waals surface area contributed by atoms with Gasteiger partial charge in [-0.2, -0.15) is 5.26 Å². The van der Waals surface area contributed by atoms with E-state index in [9.17, 15) is 40.5 Å². The highest BCUT2D eigenvalue weighted by Crippen LogP contribution is 2.33. The fraction of sp³-hybridized carbons (Fsp3) is 0.161. The molecule has 17 nitrogen and oxygen atoms in total. The minimum absolute atomic E-state index is 0.0442. The van der Waals surface area contributed by atoms with E-state index in [4.69, 9.17) is 14.7 Å². The number of nitriles is 1. The first-order valence-corrected chi connectivity index (χ1v) is 35.4. The van der Waals surface area contributed by atoms with Crippen LogP contribution in [0.25, 0.3) is 0 Å². The van der Waals surface area contributed by atoms with Crippen molar-refractivity contribution in [3.8, 4) is 52.1 Å². The van der Waals surface area contributed by atoms with Crippen LogP contribution in [0.3, 0.4) is 0 Å². The fourth-order valence-electron chi connectivity index (χ4n) is 10.7. The number of aromatic hydroxyl groups is 7. The number of nitrogens with one attached hydrogen (secondary N) is 2. The van der Waals surface area contributed by atoms with E-state index >= 15 is 0 Å². The van der Waals surface area contributed by atoms with Gasteiger partial charge in [0.1, 0.15) is 57.8 Å². The molecule has 9 N–H and O–H groups in total. The molecule has 0 amide bonds. The van der Waals surface area contributed by atoms with E-state index in [1.54, 1.807) is 123 Å². The van der Waals surface area contributed by atoms with Gasteiger partial charge in [-0.3, -0.25) is 20.0 Å². The molecule has 0 unspecified atom stereocenters. The molecule has 0 saturated carbocycles. The number of esters is 1. The molecule has 0 aromatic heterocycles. The summed E-state index contributed by atoms with van der Waals surface area (Å²) in [6.45, 7) is 21.6. The molecule has 110 heavy (non-hydrogen) atoms. The predicted octanol–water partition coefficient (Wildman–Crippen LogP) is 21.4. The maximum atomic E-state index is 11.6. The molecule has 0 aliphatic heterocycles. The number of phenols is 7. The Labute approximate surface area is 645 Å². The van der Waals surface area contributed by atoms with Crippen LogP contribution in [0, 0.1) is 59.8 Å². The Kier molecular flexibility index (Phi) is 31.8. The zero-order valence-corrected chi connectivity index (χ0v) is 64.1. The number of carbonyl (C=O) groups excluding carboxylic acids is 1. The van der Waals surface area contributed by atoms with Crippen molar-refractivity contribution in [2.24, 2.45) is 20.0 Å². The van der Waals surface area contributed by atoms with Gasteiger partial charge in [0.05, 0.1) is 42.4 Å². The van der Waals surface area contributed by atoms with E-state index in [1.165, 1.54) is 24.5 Å². The van der Waals surface area contributed by atoms with E-state index in [-0.39, 0.29) is 39.9 Å². The van der Waals surface area contributed by atoms with E-state index in [0.717, 1.165) is 72.8 Å². The van der Waals surface area contributed by atoms with Crippen LogP contribution in [0.2, 0.25) is 0 Å². The number of hydrogen-bond donors (Lipinski definition) is 9. The maximum Gasteiger partial charge on any atom is 0.340 e. The molecule has 12 rings (SSSR count). The Morgan fingerprint density at radius 2 is 0.800 bits per heavy atom. The second-order valence-electron chi connectivity index (χ2n) is 26.7. The molecule has 562 valence electrons. The molecule has 0 spiro atoms. The molecule has 0 atom stereocenters. The fourth-order valence-corrected chi connectivity index (χ4v) is 10.7. The summed E-state index contributed by atoms with van der Waals surface area (Å²) in [6.07, 6.45) is 6.47. The highest BCUT2D eigenvalue weighted by molar-refractivity contribution is 5.97. The number of aliphatic imine (C=N–C) groups is 4. The van der Waals surface area contributed by atoms with Crippen LogP contribution in [-0.4, -0.2) is 80.8 Å². The summed E-state index contributed by atoms with van der Waals surface area (Å²) in [4.78, 5) is 29.0. The maximum absolute atomic E-state index is 11.6. The van der Waals surface area contributed by atoms with Crippen LogP contribution in [0.1, 0.15) is 115 Å². The van der Waals surface area contributed by atoms with Crippen LogP contribution in [0.5, 0.6) is 46.0 Å². The van der Waals surface area contributed by atoms with Gasteiger partial charge in [-0.1, -0.05) is 182 Å². The second kappa shape index (κ2) is 41.8. The number of carbonyl (C=O) groups is 1. The summed E-state index contributed by atoms with van der Waals surface area (Å²) in [5.41, 5.74) is 19.0. The van der Waals surface area contributed by atoms with Crippen LogP contribution in [-0.2, 0) is 23.2 Å². The van der Waals surface area contributed by atoms with Crippen molar-refractivity contribution < 1.29 is 50.0 Å². The number of ether oxygens (including phenoxy) is 2. The molecule has 12 aromatic rings. The summed E-state index contributed by atoms with van der Waals surface area (Å²) in [7, 11) is 2.94. The summed E-state index contributed by atoms with van der Waals surface area (Å²) in [6, 6.07) is 79.3. The van der Waals surface area contributed by atoms with Gasteiger partial charge in [0.25, 0.3) is 0 Å². The third-order valence-corrected chi connectivity index (χ3v) is 16.6. The summed E-state index contributed by atoms with van der Waals surface area (Å²) in [5.74, 6) is 1.93. The van der Waals surface area contributed by atoms with Gasteiger partial charge in [-0.15, -0.1) is 0 Å². The van der Waals surface area contributed by atoms with Crippen molar-refractivity contribution in [1.29, 1.82) is 5.26 Å². The highest BCUT2D eigenvalue weighted by Gasteiger charge is 2.17. The van der Waals surface area contributed by atoms with Gasteiger partial charge in [0.15, 0.2) is 0 Å². The quantitative estimate of drug-likeness (QED) is 0.0322. The van der Waals surface area contributed by atoms with Gasteiger partial charge in [-0.05, 0) is 186 Å². The van der Waals surface area contributed by atoms with E-state index < -0.39 is 5.97 Å². The largest absolute Gasteiger partial charge is 0.508 e. The molecular weight excluding hydrogens is 1380 g/mol. The molecule has 0 bridgehead atoms. The van der Waals surface area contributed by atoms with Crippen molar-refractivity contribution in [3.05, 3.63) is 344 Å². The molecule has 0 aliphatic carbocycles. The normalized spacial score (nSPS) is 10.8. The van der Waals surface area contributed by atoms with Crippen LogP contribution >= 0.6 is 0 Å². The monoisotopic (exact) mass is 1470 g/mol. The molecular formula is C93H95N7O10. The standard InChI is InChI=1S/C18H21NO.C16H15NO3.C15H12N2O.C15H15NO2.C15H17NO.C14H15NO2/c1-13-9-10-17(20)14(11-13)12-19-16-8-6-5-7-15(16)18(2,3)4;1-11-7-8-15(18)12(9-11)10-17-14-6-4-3-5-13(14)16(19)20-2;1-11-6-7-15(18)13(8-11)10-17-14-5-3-2-4-12(14)9-16;1-11-7-8-14(17)12(9-11)10-16-13-5-3-4-6-15(13)18-2;1-11-7-8-15(17)13(9-11)10-16-14-6-4-3-5-12(14)2;1-10-5-6-14(17)11(7-10)9-15-12-3-2-4-13(16)8-12/h5-12,20H,1-4H3;3-10,18H,1-2H3;2-8,10,18H,1H3;3-10,17H,1-2H3;3-9,16-17H,10H2,1-2H3;2-8,15-17H,9H2,1H3. The van der Waals surface area contributed by atoms with Crippen LogP contribution < -0.4 is 15.4 Å². The number of anilines is 2. The smallest absolute Gasteiger partial charge is 0.340 e. The minimum Gasteiger partial charge on any atom is -0.508 e. The number of para-hydroxylation sites is 6. The molecule has 0 saturated heterocycles. The predicted molar refractivity (Wildman–Crippen MR) is 447 cm³/mol. The Morgan fingerprint density at radius 3 is 1.27 bits per heavy atom. The molecule has 0 radical (unpaired) electrons. The molecule has 0 aliphatic rings.